The van der Waals surface area contributed by atoms with Crippen molar-refractivity contribution in [2.45, 2.75) is 32.2 Å². The fourth-order valence-electron chi connectivity index (χ4n) is 3.58. The second-order valence-electron chi connectivity index (χ2n) is 7.09. The van der Waals surface area contributed by atoms with Gasteiger partial charge in [-0.1, -0.05) is 24.6 Å². The molecule has 2 aromatic rings. The van der Waals surface area contributed by atoms with E-state index in [0.717, 1.165) is 63.2 Å². The first-order valence-corrected chi connectivity index (χ1v) is 9.30. The van der Waals surface area contributed by atoms with Gasteiger partial charge in [0.05, 0.1) is 5.69 Å². The normalized spacial score (nSPS) is 19.4. The van der Waals surface area contributed by atoms with Crippen LogP contribution in [0.4, 0.5) is 0 Å². The van der Waals surface area contributed by atoms with E-state index in [0.29, 0.717) is 17.7 Å². The van der Waals surface area contributed by atoms with Gasteiger partial charge in [-0.15, -0.1) is 0 Å². The molecule has 1 aromatic carbocycles. The van der Waals surface area contributed by atoms with E-state index >= 15 is 0 Å². The summed E-state index contributed by atoms with van der Waals surface area (Å²) in [6.45, 7) is 4.41. The van der Waals surface area contributed by atoms with Crippen LogP contribution in [0.3, 0.4) is 0 Å². The molecule has 0 unspecified atom stereocenters. The summed E-state index contributed by atoms with van der Waals surface area (Å²) in [5, 5.41) is 0. The predicted molar refractivity (Wildman–Crippen MR) is 95.8 cm³/mol. The fourth-order valence-corrected chi connectivity index (χ4v) is 3.58. The molecule has 5 heteroatoms. The Hall–Kier alpha value is -2.14. The van der Waals surface area contributed by atoms with Gasteiger partial charge in [-0.3, -0.25) is 9.69 Å². The monoisotopic (exact) mass is 339 g/mol. The molecule has 1 aliphatic heterocycles. The number of hydrogen-bond donors (Lipinski definition) is 0. The quantitative estimate of drug-likeness (QED) is 0.858. The molecule has 0 spiro atoms. The molecular weight excluding hydrogens is 314 g/mol. The zero-order chi connectivity index (χ0) is 17.1. The van der Waals surface area contributed by atoms with Gasteiger partial charge in [0.2, 0.25) is 11.8 Å². The highest BCUT2D eigenvalue weighted by Crippen LogP contribution is 2.28. The summed E-state index contributed by atoms with van der Waals surface area (Å²) in [6, 6.07) is 9.97. The zero-order valence-corrected chi connectivity index (χ0v) is 14.6. The van der Waals surface area contributed by atoms with E-state index in [1.807, 2.05) is 30.3 Å². The SMILES string of the molecule is O=C(C1CCC1)N1CCCN(Cc2coc(-c3ccccc3)n2)CC1. The Kier molecular flexibility index (Phi) is 4.83. The largest absolute Gasteiger partial charge is 0.444 e. The molecule has 0 radical (unpaired) electrons. The van der Waals surface area contributed by atoms with Gasteiger partial charge < -0.3 is 9.32 Å². The van der Waals surface area contributed by atoms with Crippen LogP contribution in [0, 0.1) is 5.92 Å². The highest BCUT2D eigenvalue weighted by atomic mass is 16.3. The van der Waals surface area contributed by atoms with Crippen molar-refractivity contribution in [1.82, 2.24) is 14.8 Å². The van der Waals surface area contributed by atoms with Crippen LogP contribution in [-0.4, -0.2) is 46.9 Å². The lowest BCUT2D eigenvalue weighted by Crippen LogP contribution is -2.41. The van der Waals surface area contributed by atoms with Gasteiger partial charge in [-0.05, 0) is 31.4 Å². The molecule has 1 saturated carbocycles. The second kappa shape index (κ2) is 7.40. The average molecular weight is 339 g/mol. The van der Waals surface area contributed by atoms with E-state index in [-0.39, 0.29) is 0 Å². The summed E-state index contributed by atoms with van der Waals surface area (Å²) in [7, 11) is 0. The summed E-state index contributed by atoms with van der Waals surface area (Å²) in [5.74, 6) is 1.35. The van der Waals surface area contributed by atoms with Crippen molar-refractivity contribution in [3.8, 4) is 11.5 Å². The number of oxazole rings is 1. The maximum atomic E-state index is 12.4. The number of amides is 1. The van der Waals surface area contributed by atoms with Gasteiger partial charge in [0.1, 0.15) is 6.26 Å². The van der Waals surface area contributed by atoms with Crippen LogP contribution in [-0.2, 0) is 11.3 Å². The van der Waals surface area contributed by atoms with E-state index in [2.05, 4.69) is 14.8 Å². The molecule has 25 heavy (non-hydrogen) atoms. The number of carbonyl (C=O) groups excluding carboxylic acids is 1. The van der Waals surface area contributed by atoms with Crippen LogP contribution in [0.25, 0.3) is 11.5 Å². The maximum Gasteiger partial charge on any atom is 0.226 e. The highest BCUT2D eigenvalue weighted by Gasteiger charge is 2.30. The number of carbonyl (C=O) groups is 1. The van der Waals surface area contributed by atoms with Crippen molar-refractivity contribution in [3.05, 3.63) is 42.3 Å². The minimum atomic E-state index is 0.301. The van der Waals surface area contributed by atoms with Crippen LogP contribution < -0.4 is 0 Å². The summed E-state index contributed by atoms with van der Waals surface area (Å²) in [4.78, 5) is 21.5. The zero-order valence-electron chi connectivity index (χ0n) is 14.6. The summed E-state index contributed by atoms with van der Waals surface area (Å²) >= 11 is 0. The minimum Gasteiger partial charge on any atom is -0.444 e. The third-order valence-corrected chi connectivity index (χ3v) is 5.31. The lowest BCUT2D eigenvalue weighted by Gasteiger charge is -2.31. The number of benzene rings is 1. The van der Waals surface area contributed by atoms with E-state index in [1.54, 1.807) is 6.26 Å². The van der Waals surface area contributed by atoms with Crippen LogP contribution >= 0.6 is 0 Å². The van der Waals surface area contributed by atoms with Gasteiger partial charge in [-0.2, -0.15) is 0 Å². The first kappa shape index (κ1) is 16.3. The number of rotatable bonds is 4. The van der Waals surface area contributed by atoms with Gasteiger partial charge >= 0.3 is 0 Å². The van der Waals surface area contributed by atoms with Crippen LogP contribution in [0.5, 0.6) is 0 Å². The molecule has 4 rings (SSSR count). The van der Waals surface area contributed by atoms with E-state index in [9.17, 15) is 4.79 Å². The third-order valence-electron chi connectivity index (χ3n) is 5.31. The summed E-state index contributed by atoms with van der Waals surface area (Å²) in [6.07, 6.45) is 6.17. The number of hydrogen-bond acceptors (Lipinski definition) is 4. The molecular formula is C20H25N3O2. The standard InChI is InChI=1S/C20H25N3O2/c24-20(17-8-4-9-17)23-11-5-10-22(12-13-23)14-18-15-25-19(21-18)16-6-2-1-3-7-16/h1-3,6-7,15,17H,4-5,8-14H2. The summed E-state index contributed by atoms with van der Waals surface area (Å²) in [5.41, 5.74) is 1.96. The summed E-state index contributed by atoms with van der Waals surface area (Å²) < 4.78 is 5.63. The van der Waals surface area contributed by atoms with Gasteiger partial charge in [0.25, 0.3) is 0 Å². The molecule has 5 nitrogen and oxygen atoms in total. The number of aromatic nitrogens is 1. The maximum absolute atomic E-state index is 12.4. The molecule has 1 amide bonds. The van der Waals surface area contributed by atoms with Crippen molar-refractivity contribution in [1.29, 1.82) is 0 Å². The lowest BCUT2D eigenvalue weighted by atomic mass is 9.84. The smallest absolute Gasteiger partial charge is 0.226 e. The molecule has 132 valence electrons. The molecule has 2 aliphatic rings. The van der Waals surface area contributed by atoms with Crippen molar-refractivity contribution in [2.24, 2.45) is 5.92 Å². The second-order valence-corrected chi connectivity index (χ2v) is 7.09. The van der Waals surface area contributed by atoms with Gasteiger partial charge in [0.15, 0.2) is 0 Å². The Morgan fingerprint density at radius 2 is 1.92 bits per heavy atom. The highest BCUT2D eigenvalue weighted by molar-refractivity contribution is 5.79. The first-order valence-electron chi connectivity index (χ1n) is 9.30. The van der Waals surface area contributed by atoms with Gasteiger partial charge in [0, 0.05) is 44.2 Å². The molecule has 0 bridgehead atoms. The van der Waals surface area contributed by atoms with E-state index in [1.165, 1.54) is 6.42 Å². The van der Waals surface area contributed by atoms with Crippen molar-refractivity contribution in [2.75, 3.05) is 26.2 Å². The fraction of sp³-hybridized carbons (Fsp3) is 0.500. The van der Waals surface area contributed by atoms with Crippen LogP contribution in [0.1, 0.15) is 31.4 Å². The first-order chi connectivity index (χ1) is 12.3. The van der Waals surface area contributed by atoms with Gasteiger partial charge in [-0.25, -0.2) is 4.98 Å². The topological polar surface area (TPSA) is 49.6 Å². The predicted octanol–water partition coefficient (Wildman–Crippen LogP) is 3.18. The molecule has 0 atom stereocenters. The van der Waals surface area contributed by atoms with Crippen molar-refractivity contribution >= 4 is 5.91 Å². The lowest BCUT2D eigenvalue weighted by molar-refractivity contribution is -0.138. The molecule has 0 N–H and O–H groups in total. The average Bonchev–Trinajstić information content (AvgIpc) is 2.92. The number of nitrogens with zero attached hydrogens (tertiary/aromatic N) is 3. The Morgan fingerprint density at radius 1 is 1.08 bits per heavy atom. The Labute approximate surface area is 148 Å². The minimum absolute atomic E-state index is 0.301. The molecule has 1 aromatic heterocycles. The van der Waals surface area contributed by atoms with Crippen molar-refractivity contribution < 1.29 is 9.21 Å². The van der Waals surface area contributed by atoms with E-state index in [4.69, 9.17) is 4.42 Å². The Balaban J connectivity index is 1.34. The van der Waals surface area contributed by atoms with Crippen molar-refractivity contribution in [3.63, 3.8) is 0 Å². The molecule has 1 aliphatic carbocycles. The molecule has 2 fully saturated rings. The molecule has 2 heterocycles. The van der Waals surface area contributed by atoms with Crippen LogP contribution in [0.2, 0.25) is 0 Å². The third kappa shape index (κ3) is 3.76. The van der Waals surface area contributed by atoms with Crippen LogP contribution in [0.15, 0.2) is 41.0 Å². The Morgan fingerprint density at radius 3 is 2.68 bits per heavy atom. The van der Waals surface area contributed by atoms with E-state index < -0.39 is 0 Å². The molecule has 1 saturated heterocycles. The Bertz CT molecular complexity index is 709.